The molecule has 1 aromatic carbocycles. The van der Waals surface area contributed by atoms with Crippen molar-refractivity contribution < 1.29 is 0 Å². The molecule has 1 N–H and O–H groups in total. The zero-order valence-corrected chi connectivity index (χ0v) is 12.3. The van der Waals surface area contributed by atoms with Gasteiger partial charge in [0.1, 0.15) is 0 Å². The van der Waals surface area contributed by atoms with Crippen molar-refractivity contribution in [2.45, 2.75) is 38.1 Å². The largest absolute Gasteiger partial charge is 0.309 e. The van der Waals surface area contributed by atoms with Crippen molar-refractivity contribution in [3.8, 4) is 0 Å². The Hall–Kier alpha value is -1.67. The fourth-order valence-electron chi connectivity index (χ4n) is 3.04. The minimum Gasteiger partial charge on any atom is -0.309 e. The van der Waals surface area contributed by atoms with E-state index in [0.29, 0.717) is 0 Å². The van der Waals surface area contributed by atoms with Crippen LogP contribution in [0.3, 0.4) is 0 Å². The molecular formula is C18H22N2. The van der Waals surface area contributed by atoms with Gasteiger partial charge in [-0.05, 0) is 55.5 Å². The second-order valence-electron chi connectivity index (χ2n) is 5.70. The molecule has 0 spiro atoms. The standard InChI is InChI=1S/C18H22N2/c1-13-17(10-5-11-20-13)18(19-2)16-9-4-8-15(12-16)14-6-3-7-14/h4-5,8-12,14,18-19H,3,6-7H2,1-2H3. The van der Waals surface area contributed by atoms with Crippen LogP contribution in [0.2, 0.25) is 0 Å². The minimum atomic E-state index is 0.226. The molecule has 1 heterocycles. The van der Waals surface area contributed by atoms with E-state index >= 15 is 0 Å². The van der Waals surface area contributed by atoms with E-state index in [1.54, 1.807) is 0 Å². The van der Waals surface area contributed by atoms with Gasteiger partial charge in [0.05, 0.1) is 6.04 Å². The maximum Gasteiger partial charge on any atom is 0.0592 e. The second kappa shape index (κ2) is 5.76. The van der Waals surface area contributed by atoms with Crippen LogP contribution < -0.4 is 5.32 Å². The van der Waals surface area contributed by atoms with Crippen LogP contribution in [0.5, 0.6) is 0 Å². The predicted molar refractivity (Wildman–Crippen MR) is 82.9 cm³/mol. The Morgan fingerprint density at radius 3 is 2.70 bits per heavy atom. The van der Waals surface area contributed by atoms with Gasteiger partial charge in [0.25, 0.3) is 0 Å². The molecule has 1 unspecified atom stereocenters. The van der Waals surface area contributed by atoms with Crippen LogP contribution in [0.4, 0.5) is 0 Å². The van der Waals surface area contributed by atoms with Crippen molar-refractivity contribution in [2.24, 2.45) is 0 Å². The van der Waals surface area contributed by atoms with Crippen LogP contribution in [0, 0.1) is 6.92 Å². The molecule has 1 aliphatic carbocycles. The van der Waals surface area contributed by atoms with Crippen LogP contribution in [0.15, 0.2) is 42.6 Å². The summed E-state index contributed by atoms with van der Waals surface area (Å²) >= 11 is 0. The topological polar surface area (TPSA) is 24.9 Å². The Morgan fingerprint density at radius 2 is 2.05 bits per heavy atom. The molecule has 2 heteroatoms. The molecule has 0 radical (unpaired) electrons. The van der Waals surface area contributed by atoms with Gasteiger partial charge in [-0.25, -0.2) is 0 Å². The Bertz CT molecular complexity index is 587. The third-order valence-corrected chi connectivity index (χ3v) is 4.47. The van der Waals surface area contributed by atoms with Crippen molar-refractivity contribution >= 4 is 0 Å². The lowest BCUT2D eigenvalue weighted by Gasteiger charge is -2.27. The molecule has 2 nitrogen and oxygen atoms in total. The normalized spacial score (nSPS) is 16.7. The summed E-state index contributed by atoms with van der Waals surface area (Å²) in [4.78, 5) is 4.42. The zero-order chi connectivity index (χ0) is 13.9. The molecule has 0 aliphatic heterocycles. The van der Waals surface area contributed by atoms with E-state index in [9.17, 15) is 0 Å². The first-order chi connectivity index (χ1) is 9.79. The molecule has 1 aromatic heterocycles. The van der Waals surface area contributed by atoms with Crippen molar-refractivity contribution in [1.82, 2.24) is 10.3 Å². The first kappa shape index (κ1) is 13.3. The maximum absolute atomic E-state index is 4.42. The summed E-state index contributed by atoms with van der Waals surface area (Å²) in [6.07, 6.45) is 5.93. The van der Waals surface area contributed by atoms with Crippen LogP contribution in [0.25, 0.3) is 0 Å². The zero-order valence-electron chi connectivity index (χ0n) is 12.3. The lowest BCUT2D eigenvalue weighted by atomic mass is 9.79. The molecule has 1 fully saturated rings. The molecule has 1 saturated carbocycles. The minimum absolute atomic E-state index is 0.226. The van der Waals surface area contributed by atoms with Crippen LogP contribution in [-0.4, -0.2) is 12.0 Å². The van der Waals surface area contributed by atoms with E-state index < -0.39 is 0 Å². The average Bonchev–Trinajstić information content (AvgIpc) is 2.40. The highest BCUT2D eigenvalue weighted by Crippen LogP contribution is 2.37. The maximum atomic E-state index is 4.42. The van der Waals surface area contributed by atoms with E-state index in [-0.39, 0.29) is 6.04 Å². The second-order valence-corrected chi connectivity index (χ2v) is 5.70. The monoisotopic (exact) mass is 266 g/mol. The van der Waals surface area contributed by atoms with E-state index in [1.165, 1.54) is 36.0 Å². The summed E-state index contributed by atoms with van der Waals surface area (Å²) in [5, 5.41) is 3.44. The van der Waals surface area contributed by atoms with Gasteiger partial charge in [-0.1, -0.05) is 36.8 Å². The SMILES string of the molecule is CNC(c1cccc(C2CCC2)c1)c1cccnc1C. The number of hydrogen-bond donors (Lipinski definition) is 1. The Balaban J connectivity index is 1.95. The first-order valence-corrected chi connectivity index (χ1v) is 7.48. The molecule has 0 amide bonds. The van der Waals surface area contributed by atoms with Crippen LogP contribution in [-0.2, 0) is 0 Å². The van der Waals surface area contributed by atoms with E-state index in [0.717, 1.165) is 11.6 Å². The van der Waals surface area contributed by atoms with Gasteiger partial charge < -0.3 is 5.32 Å². The average molecular weight is 266 g/mol. The van der Waals surface area contributed by atoms with Gasteiger partial charge >= 0.3 is 0 Å². The summed E-state index contributed by atoms with van der Waals surface area (Å²) in [6, 6.07) is 13.5. The summed E-state index contributed by atoms with van der Waals surface area (Å²) in [5.41, 5.74) is 5.20. The third kappa shape index (κ3) is 2.48. The van der Waals surface area contributed by atoms with Gasteiger partial charge in [-0.3, -0.25) is 4.98 Å². The number of pyridine rings is 1. The number of nitrogens with zero attached hydrogens (tertiary/aromatic N) is 1. The predicted octanol–water partition coefficient (Wildman–Crippen LogP) is 3.97. The third-order valence-electron chi connectivity index (χ3n) is 4.47. The van der Waals surface area contributed by atoms with Gasteiger partial charge in [0.15, 0.2) is 0 Å². The fraction of sp³-hybridized carbons (Fsp3) is 0.389. The molecule has 1 aliphatic rings. The summed E-state index contributed by atoms with van der Waals surface area (Å²) in [7, 11) is 2.02. The Labute approximate surface area is 121 Å². The van der Waals surface area contributed by atoms with Crippen LogP contribution >= 0.6 is 0 Å². The molecule has 20 heavy (non-hydrogen) atoms. The first-order valence-electron chi connectivity index (χ1n) is 7.48. The van der Waals surface area contributed by atoms with Gasteiger partial charge in [0.2, 0.25) is 0 Å². The smallest absolute Gasteiger partial charge is 0.0592 e. The van der Waals surface area contributed by atoms with Crippen molar-refractivity contribution in [3.63, 3.8) is 0 Å². The number of aromatic nitrogens is 1. The number of benzene rings is 1. The molecule has 104 valence electrons. The summed E-state index contributed by atoms with van der Waals surface area (Å²) < 4.78 is 0. The van der Waals surface area contributed by atoms with Crippen molar-refractivity contribution in [3.05, 3.63) is 65.0 Å². The highest BCUT2D eigenvalue weighted by Gasteiger charge is 2.21. The van der Waals surface area contributed by atoms with E-state index in [2.05, 4.69) is 47.6 Å². The summed E-state index contributed by atoms with van der Waals surface area (Å²) in [6.45, 7) is 2.08. The molecule has 0 saturated heterocycles. The fourth-order valence-corrected chi connectivity index (χ4v) is 3.04. The number of aryl methyl sites for hydroxylation is 1. The van der Waals surface area contributed by atoms with Crippen molar-refractivity contribution in [2.75, 3.05) is 7.05 Å². The van der Waals surface area contributed by atoms with E-state index in [1.807, 2.05) is 19.3 Å². The molecular weight excluding hydrogens is 244 g/mol. The number of nitrogens with one attached hydrogen (secondary N) is 1. The molecule has 0 bridgehead atoms. The molecule has 1 atom stereocenters. The Kier molecular flexibility index (Phi) is 3.83. The van der Waals surface area contributed by atoms with Gasteiger partial charge in [-0.2, -0.15) is 0 Å². The van der Waals surface area contributed by atoms with Gasteiger partial charge in [0, 0.05) is 11.9 Å². The quantitative estimate of drug-likeness (QED) is 0.906. The summed E-state index contributed by atoms with van der Waals surface area (Å²) in [5.74, 6) is 0.780. The lowest BCUT2D eigenvalue weighted by molar-refractivity contribution is 0.419. The molecule has 2 aromatic rings. The van der Waals surface area contributed by atoms with Crippen molar-refractivity contribution in [1.29, 1.82) is 0 Å². The highest BCUT2D eigenvalue weighted by molar-refractivity contribution is 5.37. The lowest BCUT2D eigenvalue weighted by Crippen LogP contribution is -2.19. The molecule has 3 rings (SSSR count). The van der Waals surface area contributed by atoms with Gasteiger partial charge in [-0.15, -0.1) is 0 Å². The number of rotatable bonds is 4. The van der Waals surface area contributed by atoms with Crippen LogP contribution in [0.1, 0.15) is 53.6 Å². The number of hydrogen-bond acceptors (Lipinski definition) is 2. The highest BCUT2D eigenvalue weighted by atomic mass is 14.9. The Morgan fingerprint density at radius 1 is 1.20 bits per heavy atom. The van der Waals surface area contributed by atoms with E-state index in [4.69, 9.17) is 0 Å².